The van der Waals surface area contributed by atoms with Crippen molar-refractivity contribution in [2.75, 3.05) is 0 Å². The van der Waals surface area contributed by atoms with E-state index in [0.29, 0.717) is 24.3 Å². The van der Waals surface area contributed by atoms with Crippen LogP contribution in [0.1, 0.15) is 85.5 Å². The number of rotatable bonds is 6. The van der Waals surface area contributed by atoms with Crippen LogP contribution in [0.3, 0.4) is 0 Å². The Balaban J connectivity index is 1.75. The summed E-state index contributed by atoms with van der Waals surface area (Å²) in [6.07, 6.45) is 8.20. The normalized spacial score (nSPS) is 37.7. The summed E-state index contributed by atoms with van der Waals surface area (Å²) in [4.78, 5) is 0. The minimum absolute atomic E-state index is 0.00935. The largest absolute Gasteiger partial charge is 0.393 e. The number of hydrogen-bond acceptors (Lipinski definition) is 3. The van der Waals surface area contributed by atoms with Gasteiger partial charge < -0.3 is 15.3 Å². The predicted octanol–water partition coefficient (Wildman–Crippen LogP) is 5.95. The molecule has 0 aliphatic heterocycles. The fraction of sp³-hybridized carbons (Fsp3) is 0.778. The van der Waals surface area contributed by atoms with Gasteiger partial charge in [-0.05, 0) is 86.7 Å². The molecule has 5 heteroatoms. The molecule has 2 unspecified atom stereocenters. The van der Waals surface area contributed by atoms with Crippen molar-refractivity contribution >= 4 is 0 Å². The zero-order valence-electron chi connectivity index (χ0n) is 20.2. The van der Waals surface area contributed by atoms with Crippen LogP contribution in [0, 0.1) is 23.2 Å². The maximum absolute atomic E-state index is 14.6. The highest BCUT2D eigenvalue weighted by atomic mass is 19.3. The first-order chi connectivity index (χ1) is 14.7. The zero-order chi connectivity index (χ0) is 23.9. The smallest absolute Gasteiger partial charge is 0.251 e. The molecule has 182 valence electrons. The maximum atomic E-state index is 14.6. The molecule has 0 bridgehead atoms. The van der Waals surface area contributed by atoms with Gasteiger partial charge in [-0.15, -0.1) is 0 Å². The van der Waals surface area contributed by atoms with Crippen molar-refractivity contribution in [2.45, 2.75) is 109 Å². The van der Waals surface area contributed by atoms with Gasteiger partial charge in [0.2, 0.25) is 0 Å². The Bertz CT molecular complexity index is 763. The molecule has 3 aliphatic rings. The molecule has 0 radical (unpaired) electrons. The molecule has 0 aromatic heterocycles. The van der Waals surface area contributed by atoms with Crippen LogP contribution in [0.5, 0.6) is 0 Å². The molecular formula is C27H42F2O3. The SMILES string of the molecule is C=C1/C(=C\C=C2/CCC[C@@]3(C)C2CC[C@@H]3[C@H](C)CC(F)(F)CC(C)(C)O)C[C@@H](O)CC1O. The Morgan fingerprint density at radius 2 is 1.91 bits per heavy atom. The van der Waals surface area contributed by atoms with Crippen molar-refractivity contribution < 1.29 is 24.1 Å². The average Bonchev–Trinajstić information content (AvgIpc) is 2.98. The summed E-state index contributed by atoms with van der Waals surface area (Å²) < 4.78 is 29.3. The van der Waals surface area contributed by atoms with Crippen LogP contribution >= 0.6 is 0 Å². The van der Waals surface area contributed by atoms with Crippen molar-refractivity contribution in [1.29, 1.82) is 0 Å². The monoisotopic (exact) mass is 452 g/mol. The molecule has 0 aromatic carbocycles. The number of hydrogen-bond donors (Lipinski definition) is 3. The molecule has 0 heterocycles. The Kier molecular flexibility index (Phi) is 7.44. The first-order valence-electron chi connectivity index (χ1n) is 12.3. The molecule has 3 rings (SSSR count). The summed E-state index contributed by atoms with van der Waals surface area (Å²) in [5.41, 5.74) is 1.61. The summed E-state index contributed by atoms with van der Waals surface area (Å²) in [6, 6.07) is 0. The van der Waals surface area contributed by atoms with Gasteiger partial charge in [0.25, 0.3) is 5.92 Å². The van der Waals surface area contributed by atoms with Crippen LogP contribution in [0.25, 0.3) is 0 Å². The van der Waals surface area contributed by atoms with E-state index in [9.17, 15) is 24.1 Å². The average molecular weight is 453 g/mol. The van der Waals surface area contributed by atoms with Gasteiger partial charge in [0.05, 0.1) is 17.8 Å². The Morgan fingerprint density at radius 1 is 1.22 bits per heavy atom. The third kappa shape index (κ3) is 5.71. The van der Waals surface area contributed by atoms with E-state index >= 15 is 0 Å². The summed E-state index contributed by atoms with van der Waals surface area (Å²) >= 11 is 0. The van der Waals surface area contributed by atoms with Crippen molar-refractivity contribution in [1.82, 2.24) is 0 Å². The third-order valence-electron chi connectivity index (χ3n) is 8.30. The van der Waals surface area contributed by atoms with Gasteiger partial charge in [-0.2, -0.15) is 0 Å². The van der Waals surface area contributed by atoms with Crippen molar-refractivity contribution in [3.63, 3.8) is 0 Å². The predicted molar refractivity (Wildman–Crippen MR) is 124 cm³/mol. The van der Waals surface area contributed by atoms with E-state index in [-0.39, 0.29) is 23.7 Å². The molecule has 32 heavy (non-hydrogen) atoms. The Labute approximate surface area is 192 Å². The minimum atomic E-state index is -2.87. The van der Waals surface area contributed by atoms with E-state index in [1.54, 1.807) is 0 Å². The zero-order valence-corrected chi connectivity index (χ0v) is 20.2. The lowest BCUT2D eigenvalue weighted by molar-refractivity contribution is -0.0949. The van der Waals surface area contributed by atoms with E-state index in [0.717, 1.165) is 37.7 Å². The standard InChI is InChI=1S/C27H42F2O3/c1-17(15-27(28,29)16-25(3,4)32)22-10-11-23-19(7-6-12-26(22,23)5)8-9-20-13-21(30)14-24(31)18(20)2/h8-9,17,21-24,30-32H,2,6-7,10-16H2,1,3-5H3/b19-8+,20-9-/t17-,21-,22-,23?,24?,26-/m1/s1. The number of fused-ring (bicyclic) bond motifs is 1. The highest BCUT2D eigenvalue weighted by Gasteiger charge is 2.52. The highest BCUT2D eigenvalue weighted by Crippen LogP contribution is 2.60. The fourth-order valence-corrected chi connectivity index (χ4v) is 7.00. The van der Waals surface area contributed by atoms with Crippen LogP contribution in [-0.4, -0.2) is 39.1 Å². The van der Waals surface area contributed by atoms with Crippen LogP contribution in [0.4, 0.5) is 8.78 Å². The maximum Gasteiger partial charge on any atom is 0.251 e. The van der Waals surface area contributed by atoms with Crippen LogP contribution in [0.15, 0.2) is 35.5 Å². The molecule has 0 amide bonds. The van der Waals surface area contributed by atoms with E-state index in [1.807, 2.05) is 13.0 Å². The summed E-state index contributed by atoms with van der Waals surface area (Å²) in [6.45, 7) is 11.1. The molecule has 0 aromatic rings. The van der Waals surface area contributed by atoms with E-state index in [4.69, 9.17) is 0 Å². The van der Waals surface area contributed by atoms with Crippen LogP contribution in [0.2, 0.25) is 0 Å². The van der Waals surface area contributed by atoms with E-state index in [1.165, 1.54) is 19.4 Å². The van der Waals surface area contributed by atoms with Gasteiger partial charge in [-0.25, -0.2) is 8.78 Å². The van der Waals surface area contributed by atoms with Gasteiger partial charge in [0.1, 0.15) is 0 Å². The second kappa shape index (κ2) is 9.31. The lowest BCUT2D eigenvalue weighted by atomic mass is 9.60. The summed E-state index contributed by atoms with van der Waals surface area (Å²) in [7, 11) is 0. The third-order valence-corrected chi connectivity index (χ3v) is 8.30. The van der Waals surface area contributed by atoms with Crippen molar-refractivity contribution in [3.05, 3.63) is 35.5 Å². The van der Waals surface area contributed by atoms with E-state index < -0.39 is 30.2 Å². The number of aliphatic hydroxyl groups is 3. The lowest BCUT2D eigenvalue weighted by Crippen LogP contribution is -2.39. The molecule has 3 saturated carbocycles. The summed E-state index contributed by atoms with van der Waals surface area (Å²) in [5, 5.41) is 30.0. The van der Waals surface area contributed by atoms with Crippen LogP contribution in [-0.2, 0) is 0 Å². The van der Waals surface area contributed by atoms with Crippen molar-refractivity contribution in [2.24, 2.45) is 23.2 Å². The van der Waals surface area contributed by atoms with Crippen LogP contribution < -0.4 is 0 Å². The van der Waals surface area contributed by atoms with Gasteiger partial charge in [0.15, 0.2) is 0 Å². The lowest BCUT2D eigenvalue weighted by Gasteiger charge is -2.45. The number of alkyl halides is 2. The molecule has 0 saturated heterocycles. The topological polar surface area (TPSA) is 60.7 Å². The van der Waals surface area contributed by atoms with Gasteiger partial charge >= 0.3 is 0 Å². The first-order valence-corrected chi connectivity index (χ1v) is 12.3. The molecule has 3 N–H and O–H groups in total. The van der Waals surface area contributed by atoms with Gasteiger partial charge in [-0.3, -0.25) is 0 Å². The van der Waals surface area contributed by atoms with Gasteiger partial charge in [0, 0.05) is 19.3 Å². The van der Waals surface area contributed by atoms with E-state index in [2.05, 4.69) is 19.6 Å². The quantitative estimate of drug-likeness (QED) is 0.467. The number of halogens is 2. The van der Waals surface area contributed by atoms with Gasteiger partial charge in [-0.1, -0.05) is 38.2 Å². The summed E-state index contributed by atoms with van der Waals surface area (Å²) in [5.74, 6) is -2.35. The molecule has 3 aliphatic carbocycles. The second-order valence-electron chi connectivity index (χ2n) is 11.7. The number of aliphatic hydroxyl groups excluding tert-OH is 2. The Morgan fingerprint density at radius 3 is 2.56 bits per heavy atom. The second-order valence-corrected chi connectivity index (χ2v) is 11.7. The Hall–Kier alpha value is -1.04. The molecule has 3 nitrogen and oxygen atoms in total. The molecule has 6 atom stereocenters. The minimum Gasteiger partial charge on any atom is -0.393 e. The van der Waals surface area contributed by atoms with Crippen molar-refractivity contribution in [3.8, 4) is 0 Å². The molecular weight excluding hydrogens is 410 g/mol. The highest BCUT2D eigenvalue weighted by molar-refractivity contribution is 5.38. The molecule has 0 spiro atoms. The fourth-order valence-electron chi connectivity index (χ4n) is 7.00. The molecule has 3 fully saturated rings. The number of allylic oxidation sites excluding steroid dienone is 3. The first kappa shape index (κ1) is 25.6.